The quantitative estimate of drug-likeness (QED) is 0.703. The van der Waals surface area contributed by atoms with Crippen LogP contribution in [0.25, 0.3) is 0 Å². The molecule has 6 nitrogen and oxygen atoms in total. The summed E-state index contributed by atoms with van der Waals surface area (Å²) in [5.74, 6) is -0.416. The third-order valence-corrected chi connectivity index (χ3v) is 3.19. The first-order valence-electron chi connectivity index (χ1n) is 5.61. The standard InChI is InChI=1S/C11H12Cl2N4O2/c1-5-2-7(12)16-10(13)9(5)17-11(19)6-3-15-8(18)4-14-6/h2,6,14H,3-4H2,1H3,(H,15,18)(H,17,19). The van der Waals surface area contributed by atoms with E-state index in [4.69, 9.17) is 23.2 Å². The third-order valence-electron chi connectivity index (χ3n) is 2.72. The van der Waals surface area contributed by atoms with Crippen molar-refractivity contribution in [2.45, 2.75) is 13.0 Å². The van der Waals surface area contributed by atoms with Crippen LogP contribution in [0.2, 0.25) is 10.3 Å². The van der Waals surface area contributed by atoms with Crippen LogP contribution in [-0.2, 0) is 9.59 Å². The van der Waals surface area contributed by atoms with Crippen LogP contribution in [0.4, 0.5) is 5.69 Å². The minimum atomic E-state index is -0.496. The van der Waals surface area contributed by atoms with Crippen molar-refractivity contribution in [1.82, 2.24) is 15.6 Å². The Morgan fingerprint density at radius 2 is 2.26 bits per heavy atom. The summed E-state index contributed by atoms with van der Waals surface area (Å²) in [5.41, 5.74) is 1.15. The van der Waals surface area contributed by atoms with E-state index < -0.39 is 6.04 Å². The zero-order valence-electron chi connectivity index (χ0n) is 10.1. The van der Waals surface area contributed by atoms with Crippen molar-refractivity contribution in [3.05, 3.63) is 21.9 Å². The first-order chi connectivity index (χ1) is 8.97. The summed E-state index contributed by atoms with van der Waals surface area (Å²) in [6, 6.07) is 1.11. The van der Waals surface area contributed by atoms with Crippen LogP contribution in [0.3, 0.4) is 0 Å². The number of hydrogen-bond acceptors (Lipinski definition) is 4. The average Bonchev–Trinajstić information content (AvgIpc) is 2.34. The van der Waals surface area contributed by atoms with E-state index >= 15 is 0 Å². The van der Waals surface area contributed by atoms with E-state index in [-0.39, 0.29) is 35.2 Å². The number of nitrogens with one attached hydrogen (secondary N) is 3. The number of rotatable bonds is 2. The minimum absolute atomic E-state index is 0.115. The lowest BCUT2D eigenvalue weighted by Gasteiger charge is -2.23. The van der Waals surface area contributed by atoms with Gasteiger partial charge in [0.2, 0.25) is 11.8 Å². The van der Waals surface area contributed by atoms with Crippen molar-refractivity contribution in [3.8, 4) is 0 Å². The summed E-state index contributed by atoms with van der Waals surface area (Å²) >= 11 is 11.7. The molecule has 0 bridgehead atoms. The number of pyridine rings is 1. The molecule has 0 saturated carbocycles. The molecule has 102 valence electrons. The number of amides is 2. The van der Waals surface area contributed by atoms with Gasteiger partial charge >= 0.3 is 0 Å². The number of aromatic nitrogens is 1. The first kappa shape index (κ1) is 14.0. The summed E-state index contributed by atoms with van der Waals surface area (Å²) < 4.78 is 0. The Labute approximate surface area is 119 Å². The van der Waals surface area contributed by atoms with Crippen molar-refractivity contribution >= 4 is 40.7 Å². The fourth-order valence-electron chi connectivity index (χ4n) is 1.71. The van der Waals surface area contributed by atoms with Gasteiger partial charge in [-0.2, -0.15) is 0 Å². The second kappa shape index (κ2) is 5.73. The SMILES string of the molecule is Cc1cc(Cl)nc(Cl)c1NC(=O)C1CNC(=O)CN1. The van der Waals surface area contributed by atoms with Crippen molar-refractivity contribution < 1.29 is 9.59 Å². The van der Waals surface area contributed by atoms with E-state index in [2.05, 4.69) is 20.9 Å². The highest BCUT2D eigenvalue weighted by Gasteiger charge is 2.24. The van der Waals surface area contributed by atoms with Gasteiger partial charge in [0, 0.05) is 6.54 Å². The Balaban J connectivity index is 2.09. The fraction of sp³-hybridized carbons (Fsp3) is 0.364. The molecular weight excluding hydrogens is 291 g/mol. The van der Waals surface area contributed by atoms with Gasteiger partial charge < -0.3 is 10.6 Å². The number of hydrogen-bond donors (Lipinski definition) is 3. The van der Waals surface area contributed by atoms with Gasteiger partial charge in [-0.3, -0.25) is 14.9 Å². The summed E-state index contributed by atoms with van der Waals surface area (Å²) in [4.78, 5) is 26.9. The van der Waals surface area contributed by atoms with E-state index in [0.29, 0.717) is 5.69 Å². The zero-order chi connectivity index (χ0) is 14.0. The van der Waals surface area contributed by atoms with Crippen LogP contribution in [0.1, 0.15) is 5.56 Å². The van der Waals surface area contributed by atoms with E-state index in [1.54, 1.807) is 13.0 Å². The molecule has 0 aliphatic carbocycles. The van der Waals surface area contributed by atoms with Gasteiger partial charge in [0.05, 0.1) is 12.2 Å². The van der Waals surface area contributed by atoms with Crippen LogP contribution in [0.5, 0.6) is 0 Å². The Morgan fingerprint density at radius 3 is 2.84 bits per heavy atom. The lowest BCUT2D eigenvalue weighted by atomic mass is 10.2. The lowest BCUT2D eigenvalue weighted by Crippen LogP contribution is -2.56. The largest absolute Gasteiger partial charge is 0.353 e. The molecule has 1 aromatic rings. The maximum absolute atomic E-state index is 12.0. The number of carbonyl (C=O) groups is 2. The molecule has 19 heavy (non-hydrogen) atoms. The molecule has 8 heteroatoms. The van der Waals surface area contributed by atoms with Crippen molar-refractivity contribution in [1.29, 1.82) is 0 Å². The molecule has 1 aromatic heterocycles. The van der Waals surface area contributed by atoms with Crippen LogP contribution in [0, 0.1) is 6.92 Å². The molecule has 3 N–H and O–H groups in total. The molecule has 1 aliphatic rings. The van der Waals surface area contributed by atoms with Crippen LogP contribution in [0.15, 0.2) is 6.07 Å². The Morgan fingerprint density at radius 1 is 1.53 bits per heavy atom. The van der Waals surface area contributed by atoms with Gasteiger partial charge in [-0.05, 0) is 18.6 Å². The summed E-state index contributed by atoms with van der Waals surface area (Å²) in [6.45, 7) is 2.12. The number of anilines is 1. The summed E-state index contributed by atoms with van der Waals surface area (Å²) in [7, 11) is 0. The highest BCUT2D eigenvalue weighted by atomic mass is 35.5. The minimum Gasteiger partial charge on any atom is -0.353 e. The molecule has 1 saturated heterocycles. The maximum Gasteiger partial charge on any atom is 0.243 e. The number of aryl methyl sites for hydroxylation is 1. The second-order valence-electron chi connectivity index (χ2n) is 4.15. The predicted molar refractivity (Wildman–Crippen MR) is 72.4 cm³/mol. The van der Waals surface area contributed by atoms with Gasteiger partial charge in [-0.15, -0.1) is 0 Å². The van der Waals surface area contributed by atoms with E-state index in [0.717, 1.165) is 5.56 Å². The van der Waals surface area contributed by atoms with E-state index in [9.17, 15) is 9.59 Å². The Bertz CT molecular complexity index is 502. The average molecular weight is 303 g/mol. The van der Waals surface area contributed by atoms with Crippen LogP contribution >= 0.6 is 23.2 Å². The molecule has 1 unspecified atom stereocenters. The van der Waals surface area contributed by atoms with Gasteiger partial charge in [0.1, 0.15) is 11.2 Å². The van der Waals surface area contributed by atoms with Crippen molar-refractivity contribution in [2.75, 3.05) is 18.4 Å². The molecule has 1 aliphatic heterocycles. The van der Waals surface area contributed by atoms with Crippen molar-refractivity contribution in [3.63, 3.8) is 0 Å². The molecule has 1 fully saturated rings. The number of nitrogens with zero attached hydrogens (tertiary/aromatic N) is 1. The molecule has 1 atom stereocenters. The molecule has 2 heterocycles. The highest BCUT2D eigenvalue weighted by molar-refractivity contribution is 6.34. The molecule has 2 rings (SSSR count). The molecule has 0 aromatic carbocycles. The van der Waals surface area contributed by atoms with E-state index in [1.165, 1.54) is 0 Å². The van der Waals surface area contributed by atoms with Crippen LogP contribution < -0.4 is 16.0 Å². The fourth-order valence-corrected chi connectivity index (χ4v) is 2.29. The molecular formula is C11H12Cl2N4O2. The van der Waals surface area contributed by atoms with Gasteiger partial charge in [0.15, 0.2) is 5.15 Å². The highest BCUT2D eigenvalue weighted by Crippen LogP contribution is 2.26. The maximum atomic E-state index is 12.0. The normalized spacial score (nSPS) is 18.9. The van der Waals surface area contributed by atoms with Gasteiger partial charge in [0.25, 0.3) is 0 Å². The summed E-state index contributed by atoms with van der Waals surface area (Å²) in [5, 5.41) is 8.52. The zero-order valence-corrected chi connectivity index (χ0v) is 11.6. The Kier molecular flexibility index (Phi) is 4.24. The van der Waals surface area contributed by atoms with E-state index in [1.807, 2.05) is 0 Å². The van der Waals surface area contributed by atoms with Gasteiger partial charge in [-0.25, -0.2) is 4.98 Å². The molecule has 0 spiro atoms. The monoisotopic (exact) mass is 302 g/mol. The van der Waals surface area contributed by atoms with Gasteiger partial charge in [-0.1, -0.05) is 23.2 Å². The lowest BCUT2D eigenvalue weighted by molar-refractivity contribution is -0.124. The number of carbonyl (C=O) groups excluding carboxylic acids is 2. The topological polar surface area (TPSA) is 83.1 Å². The summed E-state index contributed by atoms with van der Waals surface area (Å²) in [6.07, 6.45) is 0. The van der Waals surface area contributed by atoms with Crippen molar-refractivity contribution in [2.24, 2.45) is 0 Å². The molecule has 0 radical (unpaired) electrons. The first-order valence-corrected chi connectivity index (χ1v) is 6.36. The Hall–Kier alpha value is -1.37. The number of halogens is 2. The molecule has 2 amide bonds. The smallest absolute Gasteiger partial charge is 0.243 e. The third kappa shape index (κ3) is 3.34. The van der Waals surface area contributed by atoms with Crippen LogP contribution in [-0.4, -0.2) is 35.9 Å². The number of piperazine rings is 1. The second-order valence-corrected chi connectivity index (χ2v) is 4.90. The predicted octanol–water partition coefficient (Wildman–Crippen LogP) is 0.723.